The molecule has 120 valence electrons. The van der Waals surface area contributed by atoms with Gasteiger partial charge in [-0.25, -0.2) is 0 Å². The van der Waals surface area contributed by atoms with E-state index in [9.17, 15) is 0 Å². The smallest absolute Gasteiger partial charge is 0.192 e. The molecular weight excluding hydrogens is 348 g/mol. The second kappa shape index (κ2) is 7.16. The maximum absolute atomic E-state index is 6.52. The van der Waals surface area contributed by atoms with Crippen LogP contribution in [0.15, 0.2) is 18.2 Å². The fourth-order valence-corrected chi connectivity index (χ4v) is 3.80. The van der Waals surface area contributed by atoms with Crippen molar-refractivity contribution < 1.29 is 13.9 Å². The molecule has 0 amide bonds. The second-order valence-electron chi connectivity index (χ2n) is 6.63. The zero-order valence-corrected chi connectivity index (χ0v) is 16.7. The van der Waals surface area contributed by atoms with Crippen LogP contribution in [-0.4, -0.2) is 27.9 Å². The van der Waals surface area contributed by atoms with Gasteiger partial charge in [0.15, 0.2) is 8.32 Å². The number of halogens is 1. The minimum Gasteiger partial charge on any atom is -0.497 e. The van der Waals surface area contributed by atoms with E-state index in [-0.39, 0.29) is 11.1 Å². The minimum atomic E-state index is -1.85. The maximum Gasteiger partial charge on any atom is 0.192 e. The average molecular weight is 375 g/mol. The maximum atomic E-state index is 6.52. The van der Waals surface area contributed by atoms with Crippen molar-refractivity contribution in [2.45, 2.75) is 45.0 Å². The number of benzene rings is 1. The summed E-state index contributed by atoms with van der Waals surface area (Å²) < 4.78 is 17.3. The van der Waals surface area contributed by atoms with Crippen molar-refractivity contribution in [2.24, 2.45) is 0 Å². The van der Waals surface area contributed by atoms with Crippen LogP contribution in [0.25, 0.3) is 0 Å². The summed E-state index contributed by atoms with van der Waals surface area (Å²) in [4.78, 5) is 0. The fraction of sp³-hybridized carbons (Fsp3) is 0.625. The Bertz CT molecular complexity index is 469. The Morgan fingerprint density at radius 3 is 2.19 bits per heavy atom. The van der Waals surface area contributed by atoms with Crippen LogP contribution in [0.5, 0.6) is 11.5 Å². The SMILES string of the molecule is COc1ccc(C(CBr)O[Si](C)(C)C(C)(C)C)c(OC)c1. The van der Waals surface area contributed by atoms with Crippen LogP contribution in [0.2, 0.25) is 18.1 Å². The standard InChI is InChI=1S/C16H27BrO3Si/c1-16(2,3)21(6,7)20-15(11-17)13-9-8-12(18-4)10-14(13)19-5/h8-10,15H,11H2,1-7H3. The van der Waals surface area contributed by atoms with Crippen LogP contribution >= 0.6 is 15.9 Å². The van der Waals surface area contributed by atoms with E-state index >= 15 is 0 Å². The number of alkyl halides is 1. The lowest BCUT2D eigenvalue weighted by Gasteiger charge is -2.39. The van der Waals surface area contributed by atoms with Gasteiger partial charge in [0.05, 0.1) is 20.3 Å². The van der Waals surface area contributed by atoms with Gasteiger partial charge < -0.3 is 13.9 Å². The van der Waals surface area contributed by atoms with Gasteiger partial charge in [0.2, 0.25) is 0 Å². The minimum absolute atomic E-state index is 0.0215. The van der Waals surface area contributed by atoms with Crippen molar-refractivity contribution in [1.29, 1.82) is 0 Å². The Balaban J connectivity index is 3.11. The Labute approximate surface area is 138 Å². The van der Waals surface area contributed by atoms with E-state index in [2.05, 4.69) is 49.8 Å². The third-order valence-corrected chi connectivity index (χ3v) is 9.24. The highest BCUT2D eigenvalue weighted by molar-refractivity contribution is 9.09. The first-order valence-electron chi connectivity index (χ1n) is 7.12. The van der Waals surface area contributed by atoms with Gasteiger partial charge in [0, 0.05) is 17.0 Å². The molecule has 0 saturated heterocycles. The normalized spacial score (nSPS) is 13.9. The molecule has 1 unspecified atom stereocenters. The molecule has 21 heavy (non-hydrogen) atoms. The quantitative estimate of drug-likeness (QED) is 0.508. The van der Waals surface area contributed by atoms with Crippen LogP contribution < -0.4 is 9.47 Å². The number of rotatable bonds is 6. The molecule has 1 atom stereocenters. The number of hydrogen-bond acceptors (Lipinski definition) is 3. The molecule has 0 spiro atoms. The molecule has 1 aromatic rings. The first kappa shape index (κ1) is 18.5. The van der Waals surface area contributed by atoms with E-state index in [4.69, 9.17) is 13.9 Å². The Hall–Kier alpha value is -0.523. The summed E-state index contributed by atoms with van der Waals surface area (Å²) in [6.07, 6.45) is -0.0215. The summed E-state index contributed by atoms with van der Waals surface area (Å²) in [5, 5.41) is 0.912. The molecule has 0 aliphatic carbocycles. The van der Waals surface area contributed by atoms with Gasteiger partial charge in [-0.15, -0.1) is 0 Å². The molecule has 0 bridgehead atoms. The third kappa shape index (κ3) is 4.47. The van der Waals surface area contributed by atoms with Crippen molar-refractivity contribution in [3.8, 4) is 11.5 Å². The zero-order chi connectivity index (χ0) is 16.3. The lowest BCUT2D eigenvalue weighted by atomic mass is 10.1. The first-order valence-corrected chi connectivity index (χ1v) is 11.1. The van der Waals surface area contributed by atoms with Crippen molar-refractivity contribution in [2.75, 3.05) is 19.5 Å². The molecule has 3 nitrogen and oxygen atoms in total. The van der Waals surface area contributed by atoms with Crippen molar-refractivity contribution in [3.63, 3.8) is 0 Å². The monoisotopic (exact) mass is 374 g/mol. The zero-order valence-electron chi connectivity index (χ0n) is 14.1. The number of ether oxygens (including phenoxy) is 2. The number of methoxy groups -OCH3 is 2. The van der Waals surface area contributed by atoms with Crippen molar-refractivity contribution >= 4 is 24.2 Å². The molecule has 0 aliphatic rings. The van der Waals surface area contributed by atoms with Gasteiger partial charge >= 0.3 is 0 Å². The van der Waals surface area contributed by atoms with E-state index in [1.807, 2.05) is 18.2 Å². The lowest BCUT2D eigenvalue weighted by Crippen LogP contribution is -2.42. The summed E-state index contributed by atoms with van der Waals surface area (Å²) in [6, 6.07) is 5.87. The number of hydrogen-bond donors (Lipinski definition) is 0. The summed E-state index contributed by atoms with van der Waals surface area (Å²) in [7, 11) is 1.49. The molecular formula is C16H27BrO3Si. The van der Waals surface area contributed by atoms with Crippen LogP contribution in [-0.2, 0) is 4.43 Å². The van der Waals surface area contributed by atoms with Gasteiger partial charge in [-0.3, -0.25) is 0 Å². The molecule has 0 aliphatic heterocycles. The topological polar surface area (TPSA) is 27.7 Å². The van der Waals surface area contributed by atoms with E-state index in [0.29, 0.717) is 0 Å². The molecule has 0 fully saturated rings. The molecule has 0 saturated carbocycles. The molecule has 0 aromatic heterocycles. The van der Waals surface area contributed by atoms with E-state index in [0.717, 1.165) is 22.4 Å². The predicted octanol–water partition coefficient (Wildman–Crippen LogP) is 5.16. The highest BCUT2D eigenvalue weighted by Gasteiger charge is 2.39. The van der Waals surface area contributed by atoms with Gasteiger partial charge in [0.25, 0.3) is 0 Å². The van der Waals surface area contributed by atoms with Crippen LogP contribution in [0.3, 0.4) is 0 Å². The second-order valence-corrected chi connectivity index (χ2v) is 12.0. The molecule has 0 N–H and O–H groups in total. The fourth-order valence-electron chi connectivity index (χ4n) is 1.79. The van der Waals surface area contributed by atoms with E-state index < -0.39 is 8.32 Å². The van der Waals surface area contributed by atoms with Gasteiger partial charge in [-0.05, 0) is 30.3 Å². The average Bonchev–Trinajstić information content (AvgIpc) is 2.42. The van der Waals surface area contributed by atoms with Crippen LogP contribution in [0, 0.1) is 0 Å². The molecule has 5 heteroatoms. The van der Waals surface area contributed by atoms with E-state index in [1.54, 1.807) is 14.2 Å². The Kier molecular flexibility index (Phi) is 6.32. The van der Waals surface area contributed by atoms with E-state index in [1.165, 1.54) is 0 Å². The summed E-state index contributed by atoms with van der Waals surface area (Å²) in [6.45, 7) is 11.3. The van der Waals surface area contributed by atoms with Gasteiger partial charge in [0.1, 0.15) is 11.5 Å². The van der Waals surface area contributed by atoms with Crippen LogP contribution in [0.4, 0.5) is 0 Å². The van der Waals surface area contributed by atoms with Gasteiger partial charge in [-0.1, -0.05) is 36.7 Å². The first-order chi connectivity index (χ1) is 9.66. The largest absolute Gasteiger partial charge is 0.497 e. The predicted molar refractivity (Wildman–Crippen MR) is 94.4 cm³/mol. The molecule has 0 heterocycles. The molecule has 0 radical (unpaired) electrons. The summed E-state index contributed by atoms with van der Waals surface area (Å²) in [5.41, 5.74) is 1.06. The van der Waals surface area contributed by atoms with Crippen molar-refractivity contribution in [1.82, 2.24) is 0 Å². The Morgan fingerprint density at radius 1 is 1.14 bits per heavy atom. The third-order valence-electron chi connectivity index (χ3n) is 4.17. The molecule has 1 rings (SSSR count). The highest BCUT2D eigenvalue weighted by Crippen LogP contribution is 2.42. The van der Waals surface area contributed by atoms with Gasteiger partial charge in [-0.2, -0.15) is 0 Å². The van der Waals surface area contributed by atoms with Crippen LogP contribution in [0.1, 0.15) is 32.4 Å². The summed E-state index contributed by atoms with van der Waals surface area (Å²) >= 11 is 3.58. The highest BCUT2D eigenvalue weighted by atomic mass is 79.9. The lowest BCUT2D eigenvalue weighted by molar-refractivity contribution is 0.203. The Morgan fingerprint density at radius 2 is 1.76 bits per heavy atom. The summed E-state index contributed by atoms with van der Waals surface area (Å²) in [5.74, 6) is 1.59. The molecule has 1 aromatic carbocycles. The van der Waals surface area contributed by atoms with Crippen molar-refractivity contribution in [3.05, 3.63) is 23.8 Å².